The highest BCUT2D eigenvalue weighted by Gasteiger charge is 2.49. The fourth-order valence-electron chi connectivity index (χ4n) is 5.04. The van der Waals surface area contributed by atoms with Crippen LogP contribution in [0.4, 0.5) is 4.39 Å². The van der Waals surface area contributed by atoms with Crippen LogP contribution in [0.3, 0.4) is 0 Å². The first-order valence-electron chi connectivity index (χ1n) is 9.73. The summed E-state index contributed by atoms with van der Waals surface area (Å²) in [5.41, 5.74) is 2.53. The number of hydrogen-bond acceptors (Lipinski definition) is 3. The third-order valence-corrected chi connectivity index (χ3v) is 6.51. The first-order valence-corrected chi connectivity index (χ1v) is 9.73. The van der Waals surface area contributed by atoms with Gasteiger partial charge in [0.15, 0.2) is 0 Å². The van der Waals surface area contributed by atoms with Crippen LogP contribution in [0.2, 0.25) is 0 Å². The molecule has 26 heavy (non-hydrogen) atoms. The summed E-state index contributed by atoms with van der Waals surface area (Å²) in [6, 6.07) is 6.45. The number of hydrogen-bond donors (Lipinski definition) is 1. The van der Waals surface area contributed by atoms with E-state index in [4.69, 9.17) is 0 Å². The quantitative estimate of drug-likeness (QED) is 0.911. The van der Waals surface area contributed by atoms with Crippen molar-refractivity contribution in [2.45, 2.75) is 51.8 Å². The average molecular weight is 357 g/mol. The number of aryl methyl sites for hydroxylation is 1. The number of rotatable bonds is 4. The van der Waals surface area contributed by atoms with Crippen molar-refractivity contribution in [3.05, 3.63) is 53.1 Å². The van der Waals surface area contributed by atoms with Crippen LogP contribution < -0.4 is 0 Å². The van der Waals surface area contributed by atoms with Crippen LogP contribution in [-0.4, -0.2) is 32.9 Å². The minimum absolute atomic E-state index is 0.211. The third-order valence-electron chi connectivity index (χ3n) is 6.51. The lowest BCUT2D eigenvalue weighted by Gasteiger charge is -2.41. The molecule has 1 aliphatic heterocycles. The summed E-state index contributed by atoms with van der Waals surface area (Å²) < 4.78 is 15.4. The largest absolute Gasteiger partial charge is 0.385 e. The van der Waals surface area contributed by atoms with E-state index in [0.717, 1.165) is 51.0 Å². The second-order valence-electron chi connectivity index (χ2n) is 7.96. The first-order chi connectivity index (χ1) is 12.5. The van der Waals surface area contributed by atoms with Gasteiger partial charge in [0, 0.05) is 43.4 Å². The highest BCUT2D eigenvalue weighted by molar-refractivity contribution is 5.26. The van der Waals surface area contributed by atoms with Gasteiger partial charge in [0.05, 0.1) is 11.8 Å². The van der Waals surface area contributed by atoms with Gasteiger partial charge in [0.2, 0.25) is 0 Å². The van der Waals surface area contributed by atoms with Gasteiger partial charge < -0.3 is 5.11 Å². The second-order valence-corrected chi connectivity index (χ2v) is 7.96. The summed E-state index contributed by atoms with van der Waals surface area (Å²) in [5, 5.41) is 16.0. The van der Waals surface area contributed by atoms with Gasteiger partial charge in [-0.05, 0) is 56.7 Å². The van der Waals surface area contributed by atoms with Gasteiger partial charge in [0.25, 0.3) is 0 Å². The summed E-state index contributed by atoms with van der Waals surface area (Å²) in [6.45, 7) is 7.92. The van der Waals surface area contributed by atoms with Crippen molar-refractivity contribution in [1.82, 2.24) is 14.7 Å². The Morgan fingerprint density at radius 2 is 2.04 bits per heavy atom. The number of likely N-dealkylation sites (tertiary alicyclic amines) is 1. The zero-order chi connectivity index (χ0) is 18.3. The lowest BCUT2D eigenvalue weighted by Crippen LogP contribution is -2.42. The first kappa shape index (κ1) is 17.7. The third kappa shape index (κ3) is 2.97. The normalized spacial score (nSPS) is 29.1. The SMILES string of the molecule is CCn1ncc(CN2C[C@@H]3CCC[C@](O)(c4ccc(F)cc4)[C@H]3C2)c1C. The summed E-state index contributed by atoms with van der Waals surface area (Å²) >= 11 is 0. The molecule has 1 saturated carbocycles. The summed E-state index contributed by atoms with van der Waals surface area (Å²) in [7, 11) is 0. The zero-order valence-electron chi connectivity index (χ0n) is 15.7. The van der Waals surface area contributed by atoms with Crippen molar-refractivity contribution in [2.75, 3.05) is 13.1 Å². The Morgan fingerprint density at radius 1 is 1.27 bits per heavy atom. The van der Waals surface area contributed by atoms with E-state index in [1.165, 1.54) is 23.4 Å². The molecule has 0 amide bonds. The molecular formula is C21H28FN3O. The van der Waals surface area contributed by atoms with Crippen LogP contribution in [0.5, 0.6) is 0 Å². The summed E-state index contributed by atoms with van der Waals surface area (Å²) in [6.07, 6.45) is 4.93. The van der Waals surface area contributed by atoms with Gasteiger partial charge in [-0.2, -0.15) is 5.10 Å². The maximum atomic E-state index is 13.3. The monoisotopic (exact) mass is 357 g/mol. The van der Waals surface area contributed by atoms with E-state index in [1.807, 2.05) is 10.9 Å². The maximum absolute atomic E-state index is 13.3. The van der Waals surface area contributed by atoms with Crippen molar-refractivity contribution >= 4 is 0 Å². The van der Waals surface area contributed by atoms with Gasteiger partial charge >= 0.3 is 0 Å². The maximum Gasteiger partial charge on any atom is 0.123 e. The predicted molar refractivity (Wildman–Crippen MR) is 99.0 cm³/mol. The van der Waals surface area contributed by atoms with Gasteiger partial charge in [-0.15, -0.1) is 0 Å². The molecule has 2 aliphatic rings. The molecule has 0 bridgehead atoms. The molecule has 1 N–H and O–H groups in total. The zero-order valence-corrected chi connectivity index (χ0v) is 15.7. The van der Waals surface area contributed by atoms with Gasteiger partial charge in [-0.25, -0.2) is 4.39 Å². The fraction of sp³-hybridized carbons (Fsp3) is 0.571. The number of halogens is 1. The van der Waals surface area contributed by atoms with Crippen molar-refractivity contribution in [2.24, 2.45) is 11.8 Å². The summed E-state index contributed by atoms with van der Waals surface area (Å²) in [5.74, 6) is 0.463. The van der Waals surface area contributed by atoms with Crippen LogP contribution in [-0.2, 0) is 18.7 Å². The van der Waals surface area contributed by atoms with Crippen LogP contribution in [0.25, 0.3) is 0 Å². The molecule has 5 heteroatoms. The lowest BCUT2D eigenvalue weighted by molar-refractivity contribution is -0.0648. The molecule has 140 valence electrons. The van der Waals surface area contributed by atoms with Gasteiger partial charge in [-0.3, -0.25) is 9.58 Å². The van der Waals surface area contributed by atoms with E-state index in [-0.39, 0.29) is 11.7 Å². The number of fused-ring (bicyclic) bond motifs is 1. The Morgan fingerprint density at radius 3 is 2.73 bits per heavy atom. The van der Waals surface area contributed by atoms with Crippen molar-refractivity contribution in [3.8, 4) is 0 Å². The topological polar surface area (TPSA) is 41.3 Å². The molecule has 1 saturated heterocycles. The Kier molecular flexibility index (Phi) is 4.61. The average Bonchev–Trinajstić information content (AvgIpc) is 3.20. The van der Waals surface area contributed by atoms with Gasteiger partial charge in [0.1, 0.15) is 5.82 Å². The second kappa shape index (κ2) is 6.78. The fourth-order valence-corrected chi connectivity index (χ4v) is 5.04. The molecule has 1 aliphatic carbocycles. The molecule has 0 radical (unpaired) electrons. The minimum atomic E-state index is -0.839. The van der Waals surface area contributed by atoms with Crippen LogP contribution >= 0.6 is 0 Å². The van der Waals surface area contributed by atoms with E-state index in [9.17, 15) is 9.50 Å². The Balaban J connectivity index is 1.54. The van der Waals surface area contributed by atoms with E-state index in [2.05, 4.69) is 23.8 Å². The molecule has 1 aromatic heterocycles. The Labute approximate surface area is 154 Å². The van der Waals surface area contributed by atoms with Crippen molar-refractivity contribution in [1.29, 1.82) is 0 Å². The highest BCUT2D eigenvalue weighted by atomic mass is 19.1. The molecule has 2 heterocycles. The molecular weight excluding hydrogens is 329 g/mol. The van der Waals surface area contributed by atoms with Crippen LogP contribution in [0.15, 0.2) is 30.5 Å². The number of aromatic nitrogens is 2. The molecule has 0 unspecified atom stereocenters. The Hall–Kier alpha value is -1.72. The van der Waals surface area contributed by atoms with Crippen LogP contribution in [0.1, 0.15) is 43.0 Å². The molecule has 4 rings (SSSR count). The van der Waals surface area contributed by atoms with Gasteiger partial charge in [-0.1, -0.05) is 12.1 Å². The molecule has 0 spiro atoms. The standard InChI is InChI=1S/C21H28FN3O/c1-3-25-15(2)17(11-23-25)13-24-12-16-5-4-10-21(26,20(16)14-24)18-6-8-19(22)9-7-18/h6-9,11,16,20,26H,3-5,10,12-14H2,1-2H3/t16-,20-,21-/m0/s1. The molecule has 4 nitrogen and oxygen atoms in total. The smallest absolute Gasteiger partial charge is 0.123 e. The predicted octanol–water partition coefficient (Wildman–Crippen LogP) is 3.47. The Bertz CT molecular complexity index is 772. The minimum Gasteiger partial charge on any atom is -0.385 e. The molecule has 2 fully saturated rings. The molecule has 2 aromatic rings. The van der Waals surface area contributed by atoms with E-state index in [0.29, 0.717) is 5.92 Å². The lowest BCUT2D eigenvalue weighted by atomic mass is 9.67. The highest BCUT2D eigenvalue weighted by Crippen LogP contribution is 2.48. The van der Waals surface area contributed by atoms with Crippen molar-refractivity contribution < 1.29 is 9.50 Å². The van der Waals surface area contributed by atoms with Crippen LogP contribution in [0, 0.1) is 24.6 Å². The number of benzene rings is 1. The number of nitrogens with zero attached hydrogens (tertiary/aromatic N) is 3. The molecule has 1 aromatic carbocycles. The van der Waals surface area contributed by atoms with E-state index >= 15 is 0 Å². The number of aliphatic hydroxyl groups is 1. The van der Waals surface area contributed by atoms with Crippen molar-refractivity contribution in [3.63, 3.8) is 0 Å². The van der Waals surface area contributed by atoms with E-state index < -0.39 is 5.60 Å². The molecule has 3 atom stereocenters. The summed E-state index contributed by atoms with van der Waals surface area (Å²) in [4.78, 5) is 2.46. The van der Waals surface area contributed by atoms with E-state index in [1.54, 1.807) is 12.1 Å².